The highest BCUT2D eigenvalue weighted by Gasteiger charge is 2.28. The first-order valence-corrected chi connectivity index (χ1v) is 9.36. The highest BCUT2D eigenvalue weighted by atomic mass is 32.1. The summed E-state index contributed by atoms with van der Waals surface area (Å²) in [6.07, 6.45) is 2.42. The minimum absolute atomic E-state index is 0.297. The van der Waals surface area contributed by atoms with Gasteiger partial charge in [0.1, 0.15) is 5.75 Å². The van der Waals surface area contributed by atoms with Crippen LogP contribution < -0.4 is 4.74 Å². The molecule has 0 aliphatic carbocycles. The number of piperidine rings is 1. The lowest BCUT2D eigenvalue weighted by molar-refractivity contribution is -0.0383. The SMILES string of the molecule is COc1ccc(C[C@@H]2CN(C)CC[C@H]2OCc2csc(C)n2)cc1. The summed E-state index contributed by atoms with van der Waals surface area (Å²) >= 11 is 1.69. The van der Waals surface area contributed by atoms with Crippen LogP contribution in [0, 0.1) is 12.8 Å². The minimum atomic E-state index is 0.297. The lowest BCUT2D eigenvalue weighted by atomic mass is 9.88. The van der Waals surface area contributed by atoms with Crippen molar-refractivity contribution in [1.29, 1.82) is 0 Å². The van der Waals surface area contributed by atoms with E-state index in [4.69, 9.17) is 9.47 Å². The Morgan fingerprint density at radius 2 is 2.08 bits per heavy atom. The van der Waals surface area contributed by atoms with E-state index >= 15 is 0 Å². The van der Waals surface area contributed by atoms with Gasteiger partial charge in [0, 0.05) is 24.4 Å². The molecule has 1 aliphatic heterocycles. The Balaban J connectivity index is 1.62. The van der Waals surface area contributed by atoms with Crippen LogP contribution in [0.4, 0.5) is 0 Å². The van der Waals surface area contributed by atoms with Crippen LogP contribution in [0.5, 0.6) is 5.75 Å². The molecule has 0 spiro atoms. The van der Waals surface area contributed by atoms with Crippen LogP contribution in [0.2, 0.25) is 0 Å². The lowest BCUT2D eigenvalue weighted by Crippen LogP contribution is -2.43. The Bertz CT molecular complexity index is 641. The Morgan fingerprint density at radius 1 is 1.29 bits per heavy atom. The summed E-state index contributed by atoms with van der Waals surface area (Å²) in [4.78, 5) is 6.91. The molecule has 1 aromatic heterocycles. The van der Waals surface area contributed by atoms with Gasteiger partial charge in [0.05, 0.1) is 30.5 Å². The minimum Gasteiger partial charge on any atom is -0.497 e. The van der Waals surface area contributed by atoms with Gasteiger partial charge in [0.15, 0.2) is 0 Å². The van der Waals surface area contributed by atoms with Gasteiger partial charge in [-0.15, -0.1) is 11.3 Å². The number of methoxy groups -OCH3 is 1. The molecule has 0 saturated carbocycles. The average Bonchev–Trinajstić information content (AvgIpc) is 3.00. The van der Waals surface area contributed by atoms with Crippen molar-refractivity contribution in [1.82, 2.24) is 9.88 Å². The first kappa shape index (κ1) is 17.4. The zero-order valence-corrected chi connectivity index (χ0v) is 15.5. The summed E-state index contributed by atoms with van der Waals surface area (Å²) in [6.45, 7) is 4.83. The second kappa shape index (κ2) is 8.10. The van der Waals surface area contributed by atoms with E-state index in [0.29, 0.717) is 18.6 Å². The van der Waals surface area contributed by atoms with E-state index in [1.807, 2.05) is 19.1 Å². The number of rotatable bonds is 6. The number of aryl methyl sites for hydroxylation is 1. The zero-order valence-electron chi connectivity index (χ0n) is 14.7. The molecule has 0 N–H and O–H groups in total. The predicted molar refractivity (Wildman–Crippen MR) is 97.7 cm³/mol. The van der Waals surface area contributed by atoms with Gasteiger partial charge in [-0.05, 0) is 44.5 Å². The highest BCUT2D eigenvalue weighted by Crippen LogP contribution is 2.25. The largest absolute Gasteiger partial charge is 0.497 e. The molecule has 0 radical (unpaired) electrons. The van der Waals surface area contributed by atoms with E-state index in [1.54, 1.807) is 18.4 Å². The first-order chi connectivity index (χ1) is 11.6. The second-order valence-electron chi connectivity index (χ2n) is 6.57. The number of benzene rings is 1. The van der Waals surface area contributed by atoms with Gasteiger partial charge in [0.2, 0.25) is 0 Å². The molecule has 2 aromatic rings. The lowest BCUT2D eigenvalue weighted by Gasteiger charge is -2.36. The van der Waals surface area contributed by atoms with Crippen molar-refractivity contribution in [2.24, 2.45) is 5.92 Å². The molecule has 3 rings (SSSR count). The van der Waals surface area contributed by atoms with Crippen LogP contribution in [0.3, 0.4) is 0 Å². The third kappa shape index (κ3) is 4.56. The molecule has 1 aliphatic rings. The molecular weight excluding hydrogens is 320 g/mol. The highest BCUT2D eigenvalue weighted by molar-refractivity contribution is 7.09. The van der Waals surface area contributed by atoms with Crippen LogP contribution in [0.15, 0.2) is 29.6 Å². The van der Waals surface area contributed by atoms with Gasteiger partial charge in [-0.2, -0.15) is 0 Å². The quantitative estimate of drug-likeness (QED) is 0.801. The van der Waals surface area contributed by atoms with E-state index in [9.17, 15) is 0 Å². The summed E-state index contributed by atoms with van der Waals surface area (Å²) < 4.78 is 11.5. The molecule has 1 aromatic carbocycles. The number of aromatic nitrogens is 1. The Kier molecular flexibility index (Phi) is 5.87. The fourth-order valence-electron chi connectivity index (χ4n) is 3.34. The van der Waals surface area contributed by atoms with Crippen LogP contribution in [0.1, 0.15) is 22.7 Å². The number of hydrogen-bond acceptors (Lipinski definition) is 5. The molecule has 0 bridgehead atoms. The van der Waals surface area contributed by atoms with Gasteiger partial charge in [0.25, 0.3) is 0 Å². The molecule has 2 atom stereocenters. The second-order valence-corrected chi connectivity index (χ2v) is 7.63. The van der Waals surface area contributed by atoms with Gasteiger partial charge in [-0.1, -0.05) is 12.1 Å². The first-order valence-electron chi connectivity index (χ1n) is 8.48. The summed E-state index contributed by atoms with van der Waals surface area (Å²) in [7, 11) is 3.90. The molecule has 4 nitrogen and oxygen atoms in total. The van der Waals surface area contributed by atoms with Crippen molar-refractivity contribution in [2.45, 2.75) is 32.5 Å². The van der Waals surface area contributed by atoms with Crippen molar-refractivity contribution >= 4 is 11.3 Å². The molecule has 1 fully saturated rings. The van der Waals surface area contributed by atoms with Gasteiger partial charge < -0.3 is 14.4 Å². The standard InChI is InChI=1S/C19H26N2O2S/c1-14-20-17(13-24-14)12-23-19-8-9-21(2)11-16(19)10-15-4-6-18(22-3)7-5-15/h4-7,13,16,19H,8-12H2,1-3H3/t16-,19-/m1/s1. The monoisotopic (exact) mass is 346 g/mol. The Hall–Kier alpha value is -1.43. The van der Waals surface area contributed by atoms with Gasteiger partial charge in [-0.3, -0.25) is 0 Å². The average molecular weight is 346 g/mol. The smallest absolute Gasteiger partial charge is 0.118 e. The Morgan fingerprint density at radius 3 is 2.75 bits per heavy atom. The fraction of sp³-hybridized carbons (Fsp3) is 0.526. The number of hydrogen-bond donors (Lipinski definition) is 0. The summed E-state index contributed by atoms with van der Waals surface area (Å²) in [6, 6.07) is 8.40. The van der Waals surface area contributed by atoms with Crippen molar-refractivity contribution in [3.8, 4) is 5.75 Å². The summed E-state index contributed by atoms with van der Waals surface area (Å²) in [5.41, 5.74) is 2.40. The number of likely N-dealkylation sites (tertiary alicyclic amines) is 1. The van der Waals surface area contributed by atoms with Crippen LogP contribution in [-0.4, -0.2) is 43.2 Å². The molecule has 130 valence electrons. The van der Waals surface area contributed by atoms with E-state index in [-0.39, 0.29) is 0 Å². The zero-order chi connectivity index (χ0) is 16.9. The molecule has 1 saturated heterocycles. The summed E-state index contributed by atoms with van der Waals surface area (Å²) in [5, 5.41) is 3.20. The molecule has 2 heterocycles. The van der Waals surface area contributed by atoms with Crippen molar-refractivity contribution in [2.75, 3.05) is 27.2 Å². The van der Waals surface area contributed by atoms with E-state index in [0.717, 1.165) is 42.4 Å². The molecule has 0 unspecified atom stereocenters. The maximum atomic E-state index is 6.25. The van der Waals surface area contributed by atoms with E-state index in [1.165, 1.54) is 5.56 Å². The number of ether oxygens (including phenoxy) is 2. The van der Waals surface area contributed by atoms with Crippen molar-refractivity contribution in [3.63, 3.8) is 0 Å². The van der Waals surface area contributed by atoms with Crippen LogP contribution >= 0.6 is 11.3 Å². The maximum absolute atomic E-state index is 6.25. The van der Waals surface area contributed by atoms with Crippen LogP contribution in [0.25, 0.3) is 0 Å². The third-order valence-corrected chi connectivity index (χ3v) is 5.46. The molecule has 24 heavy (non-hydrogen) atoms. The molecular formula is C19H26N2O2S. The van der Waals surface area contributed by atoms with Crippen molar-refractivity contribution in [3.05, 3.63) is 45.9 Å². The van der Waals surface area contributed by atoms with Gasteiger partial charge in [-0.25, -0.2) is 4.98 Å². The number of nitrogens with zero attached hydrogens (tertiary/aromatic N) is 2. The predicted octanol–water partition coefficient (Wildman–Crippen LogP) is 3.54. The Labute approximate surface area is 148 Å². The maximum Gasteiger partial charge on any atom is 0.118 e. The van der Waals surface area contributed by atoms with E-state index in [2.05, 4.69) is 34.4 Å². The van der Waals surface area contributed by atoms with Crippen molar-refractivity contribution < 1.29 is 9.47 Å². The molecule has 0 amide bonds. The molecule has 5 heteroatoms. The fourth-order valence-corrected chi connectivity index (χ4v) is 3.94. The topological polar surface area (TPSA) is 34.6 Å². The normalized spacial score (nSPS) is 21.8. The summed E-state index contributed by atoms with van der Waals surface area (Å²) in [5.74, 6) is 1.42. The van der Waals surface area contributed by atoms with E-state index < -0.39 is 0 Å². The third-order valence-electron chi connectivity index (χ3n) is 4.64. The number of thiazole rings is 1. The van der Waals surface area contributed by atoms with Crippen LogP contribution in [-0.2, 0) is 17.8 Å². The van der Waals surface area contributed by atoms with Gasteiger partial charge >= 0.3 is 0 Å².